The van der Waals surface area contributed by atoms with E-state index in [0.717, 1.165) is 11.1 Å². The van der Waals surface area contributed by atoms with Crippen LogP contribution in [-0.2, 0) is 13.2 Å². The van der Waals surface area contributed by atoms with Crippen LogP contribution in [-0.4, -0.2) is 24.7 Å². The second-order valence-corrected chi connectivity index (χ2v) is 4.74. The maximum Gasteiger partial charge on any atom is 0.349 e. The van der Waals surface area contributed by atoms with Gasteiger partial charge in [-0.1, -0.05) is 24.3 Å². The summed E-state index contributed by atoms with van der Waals surface area (Å²) in [6.45, 7) is 2.40. The zero-order valence-electron chi connectivity index (χ0n) is 11.5. The Hall–Kier alpha value is -2.67. The minimum absolute atomic E-state index is 0.0407. The summed E-state index contributed by atoms with van der Waals surface area (Å²) in [5, 5.41) is 18.5. The van der Waals surface area contributed by atoms with Crippen molar-refractivity contribution < 1.29 is 5.11 Å². The van der Waals surface area contributed by atoms with E-state index in [0.29, 0.717) is 23.8 Å². The molecule has 0 unspecified atom stereocenters. The predicted molar refractivity (Wildman–Crippen MR) is 78.0 cm³/mol. The molecule has 0 fully saturated rings. The number of aliphatic hydroxyl groups is 1. The predicted octanol–water partition coefficient (Wildman–Crippen LogP) is 0.830. The summed E-state index contributed by atoms with van der Waals surface area (Å²) in [4.78, 5) is 15.8. The Morgan fingerprint density at radius 1 is 1.29 bits per heavy atom. The number of aryl methyl sites for hydroxylation is 1. The van der Waals surface area contributed by atoms with E-state index in [2.05, 4.69) is 20.5 Å². The molecule has 0 amide bonds. The molecule has 3 rings (SSSR count). The van der Waals surface area contributed by atoms with Gasteiger partial charge < -0.3 is 10.4 Å². The van der Waals surface area contributed by atoms with Crippen molar-refractivity contribution >= 4 is 11.5 Å². The molecule has 7 heteroatoms. The van der Waals surface area contributed by atoms with E-state index >= 15 is 0 Å². The number of hydrogen-bond acceptors (Lipinski definition) is 5. The Bertz CT molecular complexity index is 819. The lowest BCUT2D eigenvalue weighted by atomic mass is 10.1. The van der Waals surface area contributed by atoms with Crippen molar-refractivity contribution in [3.8, 4) is 0 Å². The van der Waals surface area contributed by atoms with Gasteiger partial charge in [0.1, 0.15) is 11.6 Å². The average molecular weight is 285 g/mol. The Morgan fingerprint density at radius 2 is 2.00 bits per heavy atom. The van der Waals surface area contributed by atoms with Crippen molar-refractivity contribution in [1.29, 1.82) is 0 Å². The van der Waals surface area contributed by atoms with Gasteiger partial charge in [0.25, 0.3) is 0 Å². The highest BCUT2D eigenvalue weighted by molar-refractivity contribution is 5.49. The molecular weight excluding hydrogens is 270 g/mol. The van der Waals surface area contributed by atoms with Gasteiger partial charge in [0, 0.05) is 12.6 Å². The SMILES string of the molecule is Cc1nc(NCc2ccc(CO)cc2)cc2n[nH]c(=O)n12. The van der Waals surface area contributed by atoms with Crippen LogP contribution in [0.4, 0.5) is 5.82 Å². The molecule has 0 aliphatic rings. The number of aromatic amines is 1. The first kappa shape index (κ1) is 13.3. The number of hydrogen-bond donors (Lipinski definition) is 3. The molecule has 0 bridgehead atoms. The Kier molecular flexibility index (Phi) is 3.41. The minimum Gasteiger partial charge on any atom is -0.392 e. The van der Waals surface area contributed by atoms with Crippen molar-refractivity contribution in [2.75, 3.05) is 5.32 Å². The van der Waals surface area contributed by atoms with Gasteiger partial charge in [-0.2, -0.15) is 5.10 Å². The topological polar surface area (TPSA) is 95.3 Å². The second-order valence-electron chi connectivity index (χ2n) is 4.74. The fourth-order valence-corrected chi connectivity index (χ4v) is 2.14. The molecule has 0 spiro atoms. The highest BCUT2D eigenvalue weighted by atomic mass is 16.3. The lowest BCUT2D eigenvalue weighted by Crippen LogP contribution is -2.14. The highest BCUT2D eigenvalue weighted by Crippen LogP contribution is 2.10. The first-order valence-corrected chi connectivity index (χ1v) is 6.54. The van der Waals surface area contributed by atoms with Gasteiger partial charge in [-0.05, 0) is 18.1 Å². The summed E-state index contributed by atoms with van der Waals surface area (Å²) in [5.74, 6) is 1.23. The number of aromatic nitrogens is 4. The van der Waals surface area contributed by atoms with Crippen LogP contribution in [0.3, 0.4) is 0 Å². The zero-order chi connectivity index (χ0) is 14.8. The molecule has 1 aromatic carbocycles. The first-order chi connectivity index (χ1) is 10.2. The third kappa shape index (κ3) is 2.63. The maximum absolute atomic E-state index is 11.5. The molecule has 3 N–H and O–H groups in total. The third-order valence-corrected chi connectivity index (χ3v) is 3.25. The number of fused-ring (bicyclic) bond motifs is 1. The monoisotopic (exact) mass is 285 g/mol. The highest BCUT2D eigenvalue weighted by Gasteiger charge is 2.06. The van der Waals surface area contributed by atoms with Crippen LogP contribution in [0.1, 0.15) is 17.0 Å². The van der Waals surface area contributed by atoms with Gasteiger partial charge >= 0.3 is 5.69 Å². The fraction of sp³-hybridized carbons (Fsp3) is 0.214. The van der Waals surface area contributed by atoms with Crippen LogP contribution in [0.15, 0.2) is 35.1 Å². The van der Waals surface area contributed by atoms with Gasteiger partial charge in [0.15, 0.2) is 5.65 Å². The van der Waals surface area contributed by atoms with Crippen LogP contribution >= 0.6 is 0 Å². The van der Waals surface area contributed by atoms with Crippen molar-refractivity contribution in [3.05, 3.63) is 57.8 Å². The van der Waals surface area contributed by atoms with Gasteiger partial charge in [-0.3, -0.25) is 0 Å². The summed E-state index contributed by atoms with van der Waals surface area (Å²) in [7, 11) is 0. The number of benzene rings is 1. The molecule has 0 atom stereocenters. The minimum atomic E-state index is -0.291. The van der Waals surface area contributed by atoms with E-state index in [9.17, 15) is 4.79 Å². The van der Waals surface area contributed by atoms with Gasteiger partial charge in [0.2, 0.25) is 0 Å². The molecule has 108 valence electrons. The van der Waals surface area contributed by atoms with Crippen LogP contribution in [0.25, 0.3) is 5.65 Å². The van der Waals surface area contributed by atoms with Gasteiger partial charge in [-0.15, -0.1) is 0 Å². The smallest absolute Gasteiger partial charge is 0.349 e. The molecular formula is C14H15N5O2. The number of rotatable bonds is 4. The molecule has 7 nitrogen and oxygen atoms in total. The molecule has 3 aromatic rings. The van der Waals surface area contributed by atoms with E-state index in [1.807, 2.05) is 24.3 Å². The third-order valence-electron chi connectivity index (χ3n) is 3.25. The lowest BCUT2D eigenvalue weighted by molar-refractivity contribution is 0.282. The molecule has 2 heterocycles. The molecule has 0 radical (unpaired) electrons. The van der Waals surface area contributed by atoms with Crippen molar-refractivity contribution in [3.63, 3.8) is 0 Å². The maximum atomic E-state index is 11.5. The Morgan fingerprint density at radius 3 is 2.71 bits per heavy atom. The molecule has 0 aliphatic carbocycles. The summed E-state index contributed by atoms with van der Waals surface area (Å²) < 4.78 is 1.42. The van der Waals surface area contributed by atoms with Gasteiger partial charge in [-0.25, -0.2) is 19.3 Å². The Balaban J connectivity index is 1.79. The van der Waals surface area contributed by atoms with Crippen molar-refractivity contribution in [2.24, 2.45) is 0 Å². The Labute approximate surface area is 120 Å². The van der Waals surface area contributed by atoms with E-state index in [4.69, 9.17) is 5.11 Å². The average Bonchev–Trinajstić information content (AvgIpc) is 2.87. The second kappa shape index (κ2) is 5.37. The van der Waals surface area contributed by atoms with E-state index in [1.54, 1.807) is 13.0 Å². The number of nitrogens with zero attached hydrogens (tertiary/aromatic N) is 3. The summed E-state index contributed by atoms with van der Waals surface area (Å²) in [6, 6.07) is 9.37. The van der Waals surface area contributed by atoms with Crippen molar-refractivity contribution in [1.82, 2.24) is 19.6 Å². The van der Waals surface area contributed by atoms with E-state index in [1.165, 1.54) is 4.40 Å². The first-order valence-electron chi connectivity index (χ1n) is 6.54. The lowest BCUT2D eigenvalue weighted by Gasteiger charge is -2.07. The molecule has 2 aromatic heterocycles. The fourth-order valence-electron chi connectivity index (χ4n) is 2.14. The van der Waals surface area contributed by atoms with Crippen LogP contribution < -0.4 is 11.0 Å². The molecule has 0 saturated carbocycles. The largest absolute Gasteiger partial charge is 0.392 e. The van der Waals surface area contributed by atoms with E-state index < -0.39 is 0 Å². The quantitative estimate of drug-likeness (QED) is 0.660. The van der Waals surface area contributed by atoms with Gasteiger partial charge in [0.05, 0.1) is 6.61 Å². The number of nitrogens with one attached hydrogen (secondary N) is 2. The van der Waals surface area contributed by atoms with Crippen LogP contribution in [0.2, 0.25) is 0 Å². The molecule has 21 heavy (non-hydrogen) atoms. The van der Waals surface area contributed by atoms with Crippen molar-refractivity contribution in [2.45, 2.75) is 20.1 Å². The van der Waals surface area contributed by atoms with E-state index in [-0.39, 0.29) is 12.3 Å². The number of anilines is 1. The standard InChI is InChI=1S/C14H15N5O2/c1-9-16-12(6-13-17-18-14(21)19(9)13)15-7-10-2-4-11(8-20)5-3-10/h2-6,15,20H,7-8H2,1H3,(H,18,21). The molecule has 0 aliphatic heterocycles. The zero-order valence-corrected chi connectivity index (χ0v) is 11.5. The number of H-pyrrole nitrogens is 1. The summed E-state index contributed by atoms with van der Waals surface area (Å²) in [5.41, 5.74) is 2.20. The number of aliphatic hydroxyl groups excluding tert-OH is 1. The van der Waals surface area contributed by atoms with Crippen LogP contribution in [0, 0.1) is 6.92 Å². The summed E-state index contributed by atoms with van der Waals surface area (Å²) >= 11 is 0. The van der Waals surface area contributed by atoms with Crippen LogP contribution in [0.5, 0.6) is 0 Å². The molecule has 0 saturated heterocycles. The normalized spacial score (nSPS) is 11.0. The summed E-state index contributed by atoms with van der Waals surface area (Å²) in [6.07, 6.45) is 0.